The molecule has 1 heterocycles. The number of nitro benzene ring substituents is 1. The highest BCUT2D eigenvalue weighted by Gasteiger charge is 2.56. The first-order valence-corrected chi connectivity index (χ1v) is 7.64. The molecule has 1 atom stereocenters. The van der Waals surface area contributed by atoms with Gasteiger partial charge in [-0.15, -0.1) is 0 Å². The van der Waals surface area contributed by atoms with E-state index < -0.39 is 47.0 Å². The van der Waals surface area contributed by atoms with Gasteiger partial charge < -0.3 is 20.6 Å². The normalized spacial score (nSPS) is 13.8. The van der Waals surface area contributed by atoms with Crippen LogP contribution >= 0.6 is 0 Å². The highest BCUT2D eigenvalue weighted by molar-refractivity contribution is 5.94. The van der Waals surface area contributed by atoms with Crippen LogP contribution < -0.4 is 11.1 Å². The maximum atomic E-state index is 13.4. The molecule has 8 nitrogen and oxygen atoms in total. The molecule has 1 amide bonds. The third-order valence-corrected chi connectivity index (χ3v) is 3.90. The Morgan fingerprint density at radius 3 is 2.48 bits per heavy atom. The predicted octanol–water partition coefficient (Wildman–Crippen LogP) is 2.85. The molecule has 0 saturated heterocycles. The quantitative estimate of drug-likeness (QED) is 0.494. The number of hydrogen-bond donors (Lipinski definition) is 3. The Labute approximate surface area is 150 Å². The van der Waals surface area contributed by atoms with Crippen molar-refractivity contribution in [2.75, 3.05) is 11.9 Å². The largest absolute Gasteiger partial charge is 0.463 e. The van der Waals surface area contributed by atoms with Gasteiger partial charge in [-0.05, 0) is 31.2 Å². The van der Waals surface area contributed by atoms with Crippen molar-refractivity contribution < 1.29 is 32.4 Å². The minimum absolute atomic E-state index is 0.120. The molecule has 0 saturated carbocycles. The van der Waals surface area contributed by atoms with Crippen LogP contribution in [-0.2, 0) is 5.60 Å². The van der Waals surface area contributed by atoms with Gasteiger partial charge in [0.25, 0.3) is 5.69 Å². The van der Waals surface area contributed by atoms with Crippen LogP contribution in [0.25, 0.3) is 0 Å². The van der Waals surface area contributed by atoms with Gasteiger partial charge in [-0.3, -0.25) is 14.9 Å². The SMILES string of the molecule is Cc1ccc([C@@](O)(CCNc2ccc(C(N)=O)cc2[N+](=O)[O-])C(F)(F)F)o1. The van der Waals surface area contributed by atoms with E-state index in [-0.39, 0.29) is 17.0 Å². The zero-order valence-electron chi connectivity index (χ0n) is 14.0. The van der Waals surface area contributed by atoms with Gasteiger partial charge in [0.2, 0.25) is 11.5 Å². The maximum absolute atomic E-state index is 13.4. The van der Waals surface area contributed by atoms with Crippen LogP contribution in [0.1, 0.15) is 28.3 Å². The van der Waals surface area contributed by atoms with E-state index in [4.69, 9.17) is 10.2 Å². The lowest BCUT2D eigenvalue weighted by molar-refractivity contribution is -0.384. The predicted molar refractivity (Wildman–Crippen MR) is 88.1 cm³/mol. The number of nitrogens with one attached hydrogen (secondary N) is 1. The number of aliphatic hydroxyl groups is 1. The molecule has 1 aromatic heterocycles. The number of benzene rings is 1. The van der Waals surface area contributed by atoms with Crippen LogP contribution in [0.4, 0.5) is 24.5 Å². The molecule has 0 fully saturated rings. The van der Waals surface area contributed by atoms with Crippen molar-refractivity contribution >= 4 is 17.3 Å². The number of nitro groups is 1. The number of nitrogens with two attached hydrogens (primary N) is 1. The summed E-state index contributed by atoms with van der Waals surface area (Å²) >= 11 is 0. The molecule has 0 aliphatic rings. The number of alkyl halides is 3. The number of nitrogens with zero attached hydrogens (tertiary/aromatic N) is 1. The lowest BCUT2D eigenvalue weighted by Gasteiger charge is -2.28. The number of amides is 1. The van der Waals surface area contributed by atoms with E-state index in [1.807, 2.05) is 0 Å². The highest BCUT2D eigenvalue weighted by atomic mass is 19.4. The Balaban J connectivity index is 2.23. The molecule has 0 unspecified atom stereocenters. The third kappa shape index (κ3) is 4.19. The lowest BCUT2D eigenvalue weighted by atomic mass is 9.95. The first-order valence-electron chi connectivity index (χ1n) is 7.64. The minimum Gasteiger partial charge on any atom is -0.463 e. The molecular formula is C16H16F3N3O5. The second-order valence-corrected chi connectivity index (χ2v) is 5.80. The fraction of sp³-hybridized carbons (Fsp3) is 0.312. The Morgan fingerprint density at radius 1 is 1.33 bits per heavy atom. The van der Waals surface area contributed by atoms with Gasteiger partial charge >= 0.3 is 6.18 Å². The Bertz CT molecular complexity index is 865. The zero-order valence-corrected chi connectivity index (χ0v) is 14.0. The number of rotatable bonds is 7. The molecule has 0 aliphatic carbocycles. The summed E-state index contributed by atoms with van der Waals surface area (Å²) in [6, 6.07) is 5.57. The van der Waals surface area contributed by atoms with Crippen molar-refractivity contribution in [2.24, 2.45) is 5.73 Å². The molecule has 146 valence electrons. The second-order valence-electron chi connectivity index (χ2n) is 5.80. The summed E-state index contributed by atoms with van der Waals surface area (Å²) in [6.07, 6.45) is -5.89. The van der Waals surface area contributed by atoms with E-state index in [0.29, 0.717) is 0 Å². The number of furan rings is 1. The average molecular weight is 387 g/mol. The Kier molecular flexibility index (Phi) is 5.45. The number of anilines is 1. The van der Waals surface area contributed by atoms with Crippen molar-refractivity contribution in [3.05, 3.63) is 57.5 Å². The van der Waals surface area contributed by atoms with Gasteiger partial charge in [-0.25, -0.2) is 0 Å². The Hall–Kier alpha value is -3.08. The highest BCUT2D eigenvalue weighted by Crippen LogP contribution is 2.42. The van der Waals surface area contributed by atoms with E-state index >= 15 is 0 Å². The summed E-state index contributed by atoms with van der Waals surface area (Å²) in [5, 5.41) is 23.7. The molecule has 2 rings (SSSR count). The summed E-state index contributed by atoms with van der Waals surface area (Å²) in [7, 11) is 0. The van der Waals surface area contributed by atoms with Gasteiger partial charge in [-0.1, -0.05) is 0 Å². The third-order valence-electron chi connectivity index (χ3n) is 3.90. The monoisotopic (exact) mass is 387 g/mol. The second kappa shape index (κ2) is 7.27. The van der Waals surface area contributed by atoms with Crippen LogP contribution in [0.15, 0.2) is 34.7 Å². The molecule has 1 aromatic carbocycles. The molecule has 11 heteroatoms. The number of aryl methyl sites for hydroxylation is 1. The van der Waals surface area contributed by atoms with E-state index in [1.165, 1.54) is 19.1 Å². The lowest BCUT2D eigenvalue weighted by Crippen LogP contribution is -2.43. The topological polar surface area (TPSA) is 132 Å². The fourth-order valence-electron chi connectivity index (χ4n) is 2.42. The van der Waals surface area contributed by atoms with Crippen molar-refractivity contribution in [1.29, 1.82) is 0 Å². The van der Waals surface area contributed by atoms with E-state index in [2.05, 4.69) is 5.32 Å². The van der Waals surface area contributed by atoms with Gasteiger partial charge in [0.1, 0.15) is 17.2 Å². The van der Waals surface area contributed by atoms with E-state index in [0.717, 1.165) is 18.2 Å². The van der Waals surface area contributed by atoms with Crippen LogP contribution in [0.2, 0.25) is 0 Å². The molecule has 4 N–H and O–H groups in total. The number of hydrogen-bond acceptors (Lipinski definition) is 6. The first kappa shape index (κ1) is 20.2. The summed E-state index contributed by atoms with van der Waals surface area (Å²) < 4.78 is 45.1. The summed E-state index contributed by atoms with van der Waals surface area (Å²) in [5.74, 6) is -1.37. The minimum atomic E-state index is -5.03. The van der Waals surface area contributed by atoms with Crippen LogP contribution in [0.3, 0.4) is 0 Å². The number of carbonyl (C=O) groups excluding carboxylic acids is 1. The molecule has 2 aromatic rings. The van der Waals surface area contributed by atoms with Crippen molar-refractivity contribution in [3.8, 4) is 0 Å². The molecular weight excluding hydrogens is 371 g/mol. The number of halogens is 3. The Morgan fingerprint density at radius 2 is 2.00 bits per heavy atom. The van der Waals surface area contributed by atoms with Gasteiger partial charge in [0.15, 0.2) is 0 Å². The van der Waals surface area contributed by atoms with Crippen LogP contribution in [-0.4, -0.2) is 28.7 Å². The zero-order chi connectivity index (χ0) is 20.4. The van der Waals surface area contributed by atoms with E-state index in [1.54, 1.807) is 0 Å². The molecule has 0 aliphatic heterocycles. The number of primary amides is 1. The number of carbonyl (C=O) groups is 1. The van der Waals surface area contributed by atoms with Gasteiger partial charge in [-0.2, -0.15) is 13.2 Å². The van der Waals surface area contributed by atoms with Gasteiger partial charge in [0, 0.05) is 24.6 Å². The molecule has 0 radical (unpaired) electrons. The van der Waals surface area contributed by atoms with Crippen molar-refractivity contribution in [1.82, 2.24) is 0 Å². The average Bonchev–Trinajstić information content (AvgIpc) is 3.00. The van der Waals surface area contributed by atoms with Crippen molar-refractivity contribution in [3.63, 3.8) is 0 Å². The van der Waals surface area contributed by atoms with Gasteiger partial charge in [0.05, 0.1) is 4.92 Å². The smallest absolute Gasteiger partial charge is 0.424 e. The maximum Gasteiger partial charge on any atom is 0.424 e. The summed E-state index contributed by atoms with van der Waals surface area (Å²) in [5.41, 5.74) is 1.01. The standard InChI is InChI=1S/C16H16F3N3O5/c1-9-2-5-13(27-9)15(24,16(17,18)19)6-7-21-11-4-3-10(14(20)23)8-12(11)22(25)26/h2-5,8,21,24H,6-7H2,1H3,(H2,20,23)/t15-/m0/s1. The van der Waals surface area contributed by atoms with Crippen LogP contribution in [0.5, 0.6) is 0 Å². The molecule has 0 bridgehead atoms. The first-order chi connectivity index (χ1) is 12.5. The van der Waals surface area contributed by atoms with E-state index in [9.17, 15) is 33.2 Å². The molecule has 27 heavy (non-hydrogen) atoms. The fourth-order valence-corrected chi connectivity index (χ4v) is 2.42. The van der Waals surface area contributed by atoms with Crippen LogP contribution in [0, 0.1) is 17.0 Å². The summed E-state index contributed by atoms with van der Waals surface area (Å²) in [4.78, 5) is 21.4. The molecule has 0 spiro atoms. The summed E-state index contributed by atoms with van der Waals surface area (Å²) in [6.45, 7) is 0.967. The van der Waals surface area contributed by atoms with Crippen molar-refractivity contribution in [2.45, 2.75) is 25.1 Å².